The number of hydrogen-bond acceptors (Lipinski definition) is 10. The molecule has 278 valence electrons. The molecule has 3 fully saturated rings. The molecule has 5 rings (SSSR count). The van der Waals surface area contributed by atoms with Crippen LogP contribution in [-0.4, -0.2) is 89.5 Å². The molecule has 0 unspecified atom stereocenters. The molecule has 5 atom stereocenters. The Morgan fingerprint density at radius 2 is 1.85 bits per heavy atom. The fourth-order valence-corrected chi connectivity index (χ4v) is 7.66. The number of pyridine rings is 1. The van der Waals surface area contributed by atoms with Crippen LogP contribution >= 0.6 is 0 Å². The summed E-state index contributed by atoms with van der Waals surface area (Å²) in [7, 11) is -3.93. The zero-order valence-corrected chi connectivity index (χ0v) is 30.4. The smallest absolute Gasteiger partial charge is 0.307 e. The lowest BCUT2D eigenvalue weighted by Gasteiger charge is -2.30. The first-order valence-corrected chi connectivity index (χ1v) is 18.7. The zero-order valence-electron chi connectivity index (χ0n) is 29.6. The normalized spacial score (nSPS) is 23.1. The van der Waals surface area contributed by atoms with Crippen LogP contribution in [0, 0.1) is 11.8 Å². The Kier molecular flexibility index (Phi) is 10.9. The van der Waals surface area contributed by atoms with E-state index in [1.807, 2.05) is 24.3 Å². The average Bonchev–Trinajstić information content (AvgIpc) is 4.02. The van der Waals surface area contributed by atoms with Gasteiger partial charge in [-0.3, -0.25) is 28.7 Å². The highest BCUT2D eigenvalue weighted by atomic mass is 32.2. The standard InChI is InChI=1S/C37H45N5O9S/c1-7-22-10-11-23-14-15-38-33(28(23)16-22)50-26-18-29(32(45)40-37(19-25(37)8-2)35(47)41-52(48,49)27-12-13-27)42(21-26)34(46)24(20-39-30(43)9-3)17-31(44)51-36(4,5)6/h7-11,14-16,24-27,29H,1-3,12-13,17-21H2,4-6H3,(H,39,43)(H,40,45)(H,41,47)/t24-,25+,26+,29-,37+/m0/s1. The van der Waals surface area contributed by atoms with Crippen LogP contribution in [0.5, 0.6) is 5.88 Å². The van der Waals surface area contributed by atoms with E-state index in [4.69, 9.17) is 9.47 Å². The Hall–Kier alpha value is -5.05. The van der Waals surface area contributed by atoms with Crippen molar-refractivity contribution in [2.75, 3.05) is 13.1 Å². The average molecular weight is 736 g/mol. The van der Waals surface area contributed by atoms with Gasteiger partial charge in [0.2, 0.25) is 33.6 Å². The topological polar surface area (TPSA) is 190 Å². The molecule has 1 aliphatic heterocycles. The van der Waals surface area contributed by atoms with Crippen molar-refractivity contribution in [2.24, 2.45) is 11.8 Å². The highest BCUT2D eigenvalue weighted by Crippen LogP contribution is 2.45. The molecule has 0 spiro atoms. The summed E-state index contributed by atoms with van der Waals surface area (Å²) in [5.41, 5.74) is -1.62. The molecule has 0 bridgehead atoms. The third-order valence-electron chi connectivity index (χ3n) is 9.26. The first kappa shape index (κ1) is 38.2. The third kappa shape index (κ3) is 8.69. The second-order valence-corrected chi connectivity index (χ2v) is 16.4. The maximum absolute atomic E-state index is 14.4. The summed E-state index contributed by atoms with van der Waals surface area (Å²) in [5.74, 6) is -4.96. The molecule has 2 saturated carbocycles. The number of benzene rings is 1. The Balaban J connectivity index is 1.45. The van der Waals surface area contributed by atoms with Crippen LogP contribution in [0.15, 0.2) is 62.4 Å². The van der Waals surface area contributed by atoms with E-state index in [2.05, 4.69) is 40.1 Å². The van der Waals surface area contributed by atoms with Crippen molar-refractivity contribution in [1.29, 1.82) is 0 Å². The van der Waals surface area contributed by atoms with Gasteiger partial charge in [0.25, 0.3) is 5.91 Å². The number of nitrogens with zero attached hydrogens (tertiary/aromatic N) is 2. The van der Waals surface area contributed by atoms with Gasteiger partial charge in [-0.15, -0.1) is 6.58 Å². The number of sulfonamides is 1. The summed E-state index contributed by atoms with van der Waals surface area (Å²) in [4.78, 5) is 72.8. The number of carbonyl (C=O) groups is 5. The van der Waals surface area contributed by atoms with E-state index in [0.717, 1.165) is 17.0 Å². The first-order chi connectivity index (χ1) is 24.5. The molecule has 3 aliphatic rings. The number of fused-ring (bicyclic) bond motifs is 1. The molecular formula is C37H45N5O9S. The predicted molar refractivity (Wildman–Crippen MR) is 193 cm³/mol. The van der Waals surface area contributed by atoms with E-state index in [0.29, 0.717) is 18.2 Å². The monoisotopic (exact) mass is 735 g/mol. The van der Waals surface area contributed by atoms with Crippen molar-refractivity contribution in [3.8, 4) is 5.88 Å². The molecule has 2 aromatic rings. The van der Waals surface area contributed by atoms with Crippen LogP contribution in [0.3, 0.4) is 0 Å². The molecule has 2 heterocycles. The van der Waals surface area contributed by atoms with Gasteiger partial charge in [0, 0.05) is 30.5 Å². The lowest BCUT2D eigenvalue weighted by molar-refractivity contribution is -0.159. The maximum Gasteiger partial charge on any atom is 0.307 e. The van der Waals surface area contributed by atoms with Gasteiger partial charge in [0.1, 0.15) is 23.3 Å². The summed E-state index contributed by atoms with van der Waals surface area (Å²) in [6.07, 6.45) is 5.51. The van der Waals surface area contributed by atoms with Gasteiger partial charge < -0.3 is 25.0 Å². The van der Waals surface area contributed by atoms with Crippen LogP contribution < -0.4 is 20.1 Å². The molecule has 3 N–H and O–H groups in total. The molecule has 14 nitrogen and oxygen atoms in total. The van der Waals surface area contributed by atoms with Crippen molar-refractivity contribution in [1.82, 2.24) is 25.2 Å². The molecule has 1 saturated heterocycles. The van der Waals surface area contributed by atoms with Crippen molar-refractivity contribution in [3.05, 3.63) is 67.9 Å². The summed E-state index contributed by atoms with van der Waals surface area (Å²) < 4.78 is 39.3. The van der Waals surface area contributed by atoms with Crippen LogP contribution in [0.4, 0.5) is 0 Å². The fraction of sp³-hybridized carbons (Fsp3) is 0.459. The number of nitrogens with one attached hydrogen (secondary N) is 3. The lowest BCUT2D eigenvalue weighted by Crippen LogP contribution is -2.57. The molecule has 1 aromatic carbocycles. The second kappa shape index (κ2) is 14.9. The second-order valence-electron chi connectivity index (χ2n) is 14.4. The summed E-state index contributed by atoms with van der Waals surface area (Å²) in [6, 6.07) is 6.23. The van der Waals surface area contributed by atoms with Crippen molar-refractivity contribution >= 4 is 56.5 Å². The number of aromatic nitrogens is 1. The number of likely N-dealkylation sites (tertiary alicyclic amines) is 1. The van der Waals surface area contributed by atoms with Gasteiger partial charge in [0.15, 0.2) is 0 Å². The molecule has 4 amide bonds. The van der Waals surface area contributed by atoms with Gasteiger partial charge in [-0.1, -0.05) is 37.4 Å². The largest absolute Gasteiger partial charge is 0.472 e. The molecule has 52 heavy (non-hydrogen) atoms. The van der Waals surface area contributed by atoms with E-state index < -0.39 is 86.4 Å². The molecule has 15 heteroatoms. The van der Waals surface area contributed by atoms with Gasteiger partial charge >= 0.3 is 5.97 Å². The van der Waals surface area contributed by atoms with Crippen LogP contribution in [0.25, 0.3) is 16.8 Å². The van der Waals surface area contributed by atoms with E-state index in [1.165, 1.54) is 11.0 Å². The van der Waals surface area contributed by atoms with Crippen LogP contribution in [0.1, 0.15) is 58.4 Å². The maximum atomic E-state index is 14.4. The Bertz CT molecular complexity index is 1920. The molecule has 1 aromatic heterocycles. The Morgan fingerprint density at radius 1 is 1.12 bits per heavy atom. The number of hydrogen-bond donors (Lipinski definition) is 3. The Labute approximate surface area is 303 Å². The van der Waals surface area contributed by atoms with Gasteiger partial charge in [-0.05, 0) is 69.2 Å². The number of esters is 1. The minimum atomic E-state index is -3.93. The first-order valence-electron chi connectivity index (χ1n) is 17.1. The SMILES string of the molecule is C=CC(=O)NC[C@H](CC(=O)OC(C)(C)C)C(=O)N1C[C@H](Oc2nccc3ccc(C=C)cc23)C[C@H]1C(=O)N[C@]1(C(=O)NS(=O)(=O)C2CC2)C[C@H]1C=C. The van der Waals surface area contributed by atoms with E-state index >= 15 is 0 Å². The summed E-state index contributed by atoms with van der Waals surface area (Å²) in [6.45, 7) is 15.7. The summed E-state index contributed by atoms with van der Waals surface area (Å²) in [5, 5.41) is 6.15. The minimum Gasteiger partial charge on any atom is -0.472 e. The highest BCUT2D eigenvalue weighted by molar-refractivity contribution is 7.91. The van der Waals surface area contributed by atoms with Gasteiger partial charge in [-0.25, -0.2) is 13.4 Å². The van der Waals surface area contributed by atoms with Crippen molar-refractivity contribution in [3.63, 3.8) is 0 Å². The van der Waals surface area contributed by atoms with Crippen molar-refractivity contribution in [2.45, 2.75) is 81.4 Å². The van der Waals surface area contributed by atoms with E-state index in [9.17, 15) is 32.4 Å². The zero-order chi connectivity index (χ0) is 38.0. The van der Waals surface area contributed by atoms with Crippen LogP contribution in [0.2, 0.25) is 0 Å². The van der Waals surface area contributed by atoms with Crippen molar-refractivity contribution < 1.29 is 41.9 Å². The minimum absolute atomic E-state index is 0.0359. The lowest BCUT2D eigenvalue weighted by atomic mass is 10.0. The number of amides is 4. The highest BCUT2D eigenvalue weighted by Gasteiger charge is 2.62. The molecule has 2 aliphatic carbocycles. The van der Waals surface area contributed by atoms with Gasteiger partial charge in [-0.2, -0.15) is 0 Å². The number of ether oxygens (including phenoxy) is 2. The fourth-order valence-electron chi connectivity index (χ4n) is 6.29. The number of rotatable bonds is 15. The number of carbonyl (C=O) groups excluding carboxylic acids is 5. The summed E-state index contributed by atoms with van der Waals surface area (Å²) >= 11 is 0. The van der Waals surface area contributed by atoms with Gasteiger partial charge in [0.05, 0.1) is 24.1 Å². The third-order valence-corrected chi connectivity index (χ3v) is 11.1. The molecular weight excluding hydrogens is 691 g/mol. The predicted octanol–water partition coefficient (Wildman–Crippen LogP) is 2.55. The van der Waals surface area contributed by atoms with E-state index in [-0.39, 0.29) is 31.8 Å². The molecule has 0 radical (unpaired) electrons. The van der Waals surface area contributed by atoms with Crippen LogP contribution in [-0.2, 0) is 38.7 Å². The quantitative estimate of drug-likeness (QED) is 0.139. The Morgan fingerprint density at radius 3 is 2.46 bits per heavy atom. The van der Waals surface area contributed by atoms with E-state index in [1.54, 1.807) is 33.0 Å².